The number of carbonyl (C=O) groups excluding carboxylic acids is 1. The summed E-state index contributed by atoms with van der Waals surface area (Å²) in [5.41, 5.74) is -0.00871. The van der Waals surface area contributed by atoms with Crippen molar-refractivity contribution in [2.45, 2.75) is 38.5 Å². The Kier molecular flexibility index (Phi) is 5.08. The van der Waals surface area contributed by atoms with Gasteiger partial charge in [-0.25, -0.2) is 8.42 Å². The predicted octanol–water partition coefficient (Wildman–Crippen LogP) is -0.194. The van der Waals surface area contributed by atoms with Crippen LogP contribution in [0.1, 0.15) is 20.3 Å². The highest BCUT2D eigenvalue weighted by Crippen LogP contribution is 2.14. The van der Waals surface area contributed by atoms with Gasteiger partial charge in [0, 0.05) is 25.3 Å². The highest BCUT2D eigenvalue weighted by Gasteiger charge is 2.29. The number of rotatable bonds is 3. The summed E-state index contributed by atoms with van der Waals surface area (Å²) in [6.07, 6.45) is 1.71. The van der Waals surface area contributed by atoms with Crippen LogP contribution in [0.4, 0.5) is 0 Å². The molecular formula is C14H21N3O4S. The van der Waals surface area contributed by atoms with E-state index in [1.54, 1.807) is 4.90 Å². The minimum Gasteiger partial charge on any atom is -0.386 e. The number of sulfone groups is 1. The number of ether oxygens (including phenoxy) is 1. The number of carbonyl (C=O) groups is 1. The Morgan fingerprint density at radius 1 is 1.36 bits per heavy atom. The van der Waals surface area contributed by atoms with E-state index in [1.807, 2.05) is 19.9 Å². The molecule has 0 aromatic heterocycles. The van der Waals surface area contributed by atoms with Crippen molar-refractivity contribution in [3.8, 4) is 6.07 Å². The summed E-state index contributed by atoms with van der Waals surface area (Å²) in [7, 11) is -2.99. The summed E-state index contributed by atoms with van der Waals surface area (Å²) >= 11 is 0. The molecule has 0 aromatic carbocycles. The van der Waals surface area contributed by atoms with Crippen LogP contribution in [0.2, 0.25) is 0 Å². The topological polar surface area (TPSA) is 99.5 Å². The van der Waals surface area contributed by atoms with Gasteiger partial charge in [-0.1, -0.05) is 0 Å². The summed E-state index contributed by atoms with van der Waals surface area (Å²) in [5.74, 6) is -0.160. The lowest BCUT2D eigenvalue weighted by Gasteiger charge is -2.35. The molecule has 2 rings (SSSR count). The lowest BCUT2D eigenvalue weighted by Crippen LogP contribution is -2.48. The van der Waals surface area contributed by atoms with Gasteiger partial charge in [-0.15, -0.1) is 0 Å². The van der Waals surface area contributed by atoms with Crippen molar-refractivity contribution in [2.75, 3.05) is 24.6 Å². The molecule has 0 aromatic rings. The van der Waals surface area contributed by atoms with E-state index < -0.39 is 9.84 Å². The molecule has 7 nitrogen and oxygen atoms in total. The van der Waals surface area contributed by atoms with Crippen LogP contribution < -0.4 is 5.32 Å². The Labute approximate surface area is 130 Å². The zero-order chi connectivity index (χ0) is 16.3. The molecule has 2 saturated heterocycles. The van der Waals surface area contributed by atoms with E-state index in [-0.39, 0.29) is 41.2 Å². The number of hydrogen-bond donors (Lipinski definition) is 1. The first-order valence-electron chi connectivity index (χ1n) is 7.32. The Morgan fingerprint density at radius 2 is 2.00 bits per heavy atom. The predicted molar refractivity (Wildman–Crippen MR) is 80.5 cm³/mol. The van der Waals surface area contributed by atoms with Gasteiger partial charge in [0.25, 0.3) is 5.91 Å². The van der Waals surface area contributed by atoms with E-state index in [4.69, 9.17) is 4.74 Å². The summed E-state index contributed by atoms with van der Waals surface area (Å²) in [6, 6.07) is 1.66. The van der Waals surface area contributed by atoms with E-state index in [1.165, 1.54) is 6.20 Å². The molecule has 0 aliphatic carbocycles. The van der Waals surface area contributed by atoms with E-state index in [2.05, 4.69) is 5.32 Å². The van der Waals surface area contributed by atoms with Crippen molar-refractivity contribution < 1.29 is 17.9 Å². The first-order valence-corrected chi connectivity index (χ1v) is 9.14. The second-order valence-corrected chi connectivity index (χ2v) is 8.13. The standard InChI is InChI=1S/C14H21N3O4S/c1-10-7-17(8-11(2)21-10)14(18)12(5-15)6-16-13-3-4-22(19,20)9-13/h6,10-11,13,16H,3-4,7-9H2,1-2H3/b12-6-. The number of hydrogen-bond acceptors (Lipinski definition) is 6. The molecule has 0 radical (unpaired) electrons. The Balaban J connectivity index is 2.00. The molecule has 0 bridgehead atoms. The maximum Gasteiger partial charge on any atom is 0.266 e. The maximum atomic E-state index is 12.4. The van der Waals surface area contributed by atoms with Gasteiger partial charge in [0.05, 0.1) is 23.7 Å². The van der Waals surface area contributed by atoms with Gasteiger partial charge < -0.3 is 15.0 Å². The second-order valence-electron chi connectivity index (χ2n) is 5.90. The van der Waals surface area contributed by atoms with Gasteiger partial charge >= 0.3 is 0 Å². The van der Waals surface area contributed by atoms with Gasteiger partial charge in [-0.3, -0.25) is 4.79 Å². The van der Waals surface area contributed by atoms with E-state index >= 15 is 0 Å². The molecule has 2 fully saturated rings. The lowest BCUT2D eigenvalue weighted by molar-refractivity contribution is -0.138. The largest absolute Gasteiger partial charge is 0.386 e. The summed E-state index contributed by atoms with van der Waals surface area (Å²) in [4.78, 5) is 14.0. The highest BCUT2D eigenvalue weighted by molar-refractivity contribution is 7.91. The molecule has 122 valence electrons. The van der Waals surface area contributed by atoms with Gasteiger partial charge in [0.15, 0.2) is 9.84 Å². The molecule has 3 unspecified atom stereocenters. The van der Waals surface area contributed by atoms with Crippen molar-refractivity contribution in [2.24, 2.45) is 0 Å². The van der Waals surface area contributed by atoms with Crippen molar-refractivity contribution in [1.82, 2.24) is 10.2 Å². The average Bonchev–Trinajstić information content (AvgIpc) is 2.77. The molecule has 2 heterocycles. The van der Waals surface area contributed by atoms with Crippen LogP contribution in [-0.2, 0) is 19.4 Å². The third-order valence-electron chi connectivity index (χ3n) is 3.75. The van der Waals surface area contributed by atoms with E-state index in [0.29, 0.717) is 19.5 Å². The molecule has 2 aliphatic heterocycles. The smallest absolute Gasteiger partial charge is 0.266 e. The third kappa shape index (κ3) is 4.21. The van der Waals surface area contributed by atoms with Crippen LogP contribution >= 0.6 is 0 Å². The highest BCUT2D eigenvalue weighted by atomic mass is 32.2. The SMILES string of the molecule is CC1CN(C(=O)/C(C#N)=C\NC2CCS(=O)(=O)C2)CC(C)O1. The summed E-state index contributed by atoms with van der Waals surface area (Å²) in [6.45, 7) is 4.65. The Morgan fingerprint density at radius 3 is 2.50 bits per heavy atom. The van der Waals surface area contributed by atoms with Crippen molar-refractivity contribution >= 4 is 15.7 Å². The molecule has 22 heavy (non-hydrogen) atoms. The van der Waals surface area contributed by atoms with E-state index in [0.717, 1.165) is 0 Å². The normalized spacial score (nSPS) is 31.6. The minimum atomic E-state index is -2.99. The van der Waals surface area contributed by atoms with E-state index in [9.17, 15) is 18.5 Å². The number of nitriles is 1. The first-order chi connectivity index (χ1) is 10.3. The van der Waals surface area contributed by atoms with Crippen molar-refractivity contribution in [3.63, 3.8) is 0 Å². The van der Waals surface area contributed by atoms with Crippen LogP contribution in [0.5, 0.6) is 0 Å². The fourth-order valence-electron chi connectivity index (χ4n) is 2.78. The second kappa shape index (κ2) is 6.67. The molecule has 0 spiro atoms. The zero-order valence-corrected chi connectivity index (χ0v) is 13.6. The van der Waals surface area contributed by atoms with Gasteiger partial charge in [-0.2, -0.15) is 5.26 Å². The fourth-order valence-corrected chi connectivity index (χ4v) is 4.47. The minimum absolute atomic E-state index is 0.00871. The maximum absolute atomic E-state index is 12.4. The van der Waals surface area contributed by atoms with Crippen molar-refractivity contribution in [1.29, 1.82) is 5.26 Å². The monoisotopic (exact) mass is 327 g/mol. The third-order valence-corrected chi connectivity index (χ3v) is 5.52. The molecular weight excluding hydrogens is 306 g/mol. The van der Waals surface area contributed by atoms with Crippen LogP contribution in [-0.4, -0.2) is 62.1 Å². The number of morpholine rings is 1. The molecule has 2 aliphatic rings. The summed E-state index contributed by atoms with van der Waals surface area (Å²) in [5, 5.41) is 12.1. The zero-order valence-electron chi connectivity index (χ0n) is 12.8. The first kappa shape index (κ1) is 16.8. The van der Waals surface area contributed by atoms with Crippen molar-refractivity contribution in [3.05, 3.63) is 11.8 Å². The lowest BCUT2D eigenvalue weighted by atomic mass is 10.2. The fraction of sp³-hybridized carbons (Fsp3) is 0.714. The summed E-state index contributed by atoms with van der Waals surface area (Å²) < 4.78 is 28.4. The molecule has 3 atom stereocenters. The average molecular weight is 327 g/mol. The van der Waals surface area contributed by atoms with Crippen LogP contribution in [0.15, 0.2) is 11.8 Å². The van der Waals surface area contributed by atoms with Gasteiger partial charge in [0.2, 0.25) is 0 Å². The van der Waals surface area contributed by atoms with Crippen LogP contribution in [0.3, 0.4) is 0 Å². The number of nitrogens with zero attached hydrogens (tertiary/aromatic N) is 2. The van der Waals surface area contributed by atoms with Gasteiger partial charge in [0.1, 0.15) is 11.6 Å². The van der Waals surface area contributed by atoms with Gasteiger partial charge in [-0.05, 0) is 20.3 Å². The number of nitrogens with one attached hydrogen (secondary N) is 1. The van der Waals surface area contributed by atoms with Crippen LogP contribution in [0.25, 0.3) is 0 Å². The number of amides is 1. The molecule has 1 amide bonds. The Bertz CT molecular complexity index is 598. The molecule has 0 saturated carbocycles. The quantitative estimate of drug-likeness (QED) is 0.569. The molecule has 1 N–H and O–H groups in total. The Hall–Kier alpha value is -1.59. The van der Waals surface area contributed by atoms with Crippen LogP contribution in [0, 0.1) is 11.3 Å². The molecule has 8 heteroatoms.